The van der Waals surface area contributed by atoms with Crippen molar-refractivity contribution in [3.8, 4) is 5.88 Å². The number of fused-ring (bicyclic) bond motifs is 1. The molecular formula is C18H28N4O3. The second-order valence-corrected chi connectivity index (χ2v) is 8.03. The van der Waals surface area contributed by atoms with E-state index in [0.717, 1.165) is 30.6 Å². The van der Waals surface area contributed by atoms with Gasteiger partial charge in [-0.25, -0.2) is 9.78 Å². The highest BCUT2D eigenvalue weighted by atomic mass is 16.6. The maximum atomic E-state index is 12.1. The van der Waals surface area contributed by atoms with Gasteiger partial charge in [0.05, 0.1) is 24.2 Å². The molecule has 3 rings (SSSR count). The lowest BCUT2D eigenvalue weighted by Crippen LogP contribution is -2.51. The molecule has 1 saturated heterocycles. The zero-order valence-electron chi connectivity index (χ0n) is 15.5. The summed E-state index contributed by atoms with van der Waals surface area (Å²) in [6.07, 6.45) is 3.02. The minimum atomic E-state index is -0.502. The molecule has 1 aromatic rings. The van der Waals surface area contributed by atoms with Gasteiger partial charge in [-0.3, -0.25) is 0 Å². The molecule has 2 aliphatic rings. The van der Waals surface area contributed by atoms with Crippen molar-refractivity contribution in [3.63, 3.8) is 0 Å². The molecule has 1 amide bonds. The van der Waals surface area contributed by atoms with Crippen LogP contribution in [-0.2, 0) is 11.2 Å². The zero-order valence-corrected chi connectivity index (χ0v) is 15.5. The molecule has 7 heteroatoms. The van der Waals surface area contributed by atoms with Crippen molar-refractivity contribution in [2.45, 2.75) is 52.2 Å². The number of nitrogens with two attached hydrogens (primary N) is 1. The smallest absolute Gasteiger partial charge is 0.407 e. The van der Waals surface area contributed by atoms with Gasteiger partial charge in [0.25, 0.3) is 0 Å². The normalized spacial score (nSPS) is 23.0. The van der Waals surface area contributed by atoms with Crippen LogP contribution in [0.1, 0.15) is 39.7 Å². The molecule has 0 aliphatic carbocycles. The van der Waals surface area contributed by atoms with Gasteiger partial charge >= 0.3 is 6.09 Å². The van der Waals surface area contributed by atoms with Crippen LogP contribution >= 0.6 is 0 Å². The number of rotatable bonds is 2. The summed E-state index contributed by atoms with van der Waals surface area (Å²) in [5.41, 5.74) is 8.47. The standard InChI is InChI=1S/C18H28N4O3/c1-11-7-12(21-17(23)25-18(2,3)4)10-22(9-11)15-13-5-6-24-16(13)20-8-14(15)19/h8,11-12H,5-7,9-10,19H2,1-4H3,(H,21,23)/t11-,12-/m0/s1. The van der Waals surface area contributed by atoms with E-state index in [4.69, 9.17) is 15.2 Å². The first-order valence-corrected chi connectivity index (χ1v) is 8.87. The monoisotopic (exact) mass is 348 g/mol. The first kappa shape index (κ1) is 17.6. The molecule has 1 fully saturated rings. The van der Waals surface area contributed by atoms with E-state index in [1.807, 2.05) is 20.8 Å². The number of carbonyl (C=O) groups is 1. The highest BCUT2D eigenvalue weighted by Crippen LogP contribution is 2.38. The summed E-state index contributed by atoms with van der Waals surface area (Å²) in [5.74, 6) is 1.11. The van der Waals surface area contributed by atoms with Crippen LogP contribution in [0.15, 0.2) is 6.20 Å². The molecule has 0 radical (unpaired) electrons. The number of piperidine rings is 1. The average molecular weight is 348 g/mol. The summed E-state index contributed by atoms with van der Waals surface area (Å²) in [6, 6.07) is 0.0177. The number of nitrogens with zero attached hydrogens (tertiary/aromatic N) is 2. The van der Waals surface area contributed by atoms with Crippen molar-refractivity contribution >= 4 is 17.5 Å². The predicted octanol–water partition coefficient (Wildman–Crippen LogP) is 2.34. The Morgan fingerprint density at radius 2 is 2.20 bits per heavy atom. The van der Waals surface area contributed by atoms with E-state index in [0.29, 0.717) is 30.6 Å². The maximum Gasteiger partial charge on any atom is 0.407 e. The first-order chi connectivity index (χ1) is 11.7. The van der Waals surface area contributed by atoms with Crippen LogP contribution in [0.3, 0.4) is 0 Å². The molecule has 25 heavy (non-hydrogen) atoms. The van der Waals surface area contributed by atoms with Crippen LogP contribution in [0.25, 0.3) is 0 Å². The fourth-order valence-electron chi connectivity index (χ4n) is 3.63. The Labute approximate surface area is 148 Å². The zero-order chi connectivity index (χ0) is 18.2. The van der Waals surface area contributed by atoms with Crippen LogP contribution < -0.4 is 20.7 Å². The quantitative estimate of drug-likeness (QED) is 0.853. The van der Waals surface area contributed by atoms with Gasteiger partial charge in [-0.15, -0.1) is 0 Å². The number of amides is 1. The van der Waals surface area contributed by atoms with Crippen molar-refractivity contribution in [3.05, 3.63) is 11.8 Å². The van der Waals surface area contributed by atoms with E-state index in [1.54, 1.807) is 6.20 Å². The van der Waals surface area contributed by atoms with Crippen molar-refractivity contribution < 1.29 is 14.3 Å². The Kier molecular flexibility index (Phi) is 4.67. The molecule has 3 heterocycles. The fourth-order valence-corrected chi connectivity index (χ4v) is 3.63. The molecule has 2 atom stereocenters. The molecule has 0 unspecified atom stereocenters. The van der Waals surface area contributed by atoms with Gasteiger partial charge < -0.3 is 25.4 Å². The minimum absolute atomic E-state index is 0.0177. The number of nitrogen functional groups attached to an aromatic ring is 1. The molecule has 0 saturated carbocycles. The largest absolute Gasteiger partial charge is 0.477 e. The van der Waals surface area contributed by atoms with Gasteiger partial charge in [-0.05, 0) is 33.1 Å². The summed E-state index contributed by atoms with van der Waals surface area (Å²) >= 11 is 0. The van der Waals surface area contributed by atoms with Gasteiger partial charge in [0.2, 0.25) is 5.88 Å². The summed E-state index contributed by atoms with van der Waals surface area (Å²) in [7, 11) is 0. The predicted molar refractivity (Wildman–Crippen MR) is 97.0 cm³/mol. The summed E-state index contributed by atoms with van der Waals surface area (Å²) < 4.78 is 11.0. The number of nitrogens with one attached hydrogen (secondary N) is 1. The van der Waals surface area contributed by atoms with Crippen LogP contribution in [0.4, 0.5) is 16.2 Å². The number of pyridine rings is 1. The summed E-state index contributed by atoms with van der Waals surface area (Å²) in [5, 5.41) is 3.00. The highest BCUT2D eigenvalue weighted by Gasteiger charge is 2.31. The highest BCUT2D eigenvalue weighted by molar-refractivity contribution is 5.74. The molecule has 0 bridgehead atoms. The number of carbonyl (C=O) groups excluding carboxylic acids is 1. The van der Waals surface area contributed by atoms with Crippen molar-refractivity contribution in [2.75, 3.05) is 30.3 Å². The average Bonchev–Trinajstić information content (AvgIpc) is 2.92. The summed E-state index contributed by atoms with van der Waals surface area (Å²) in [6.45, 7) is 10.0. The number of ether oxygens (including phenoxy) is 2. The van der Waals surface area contributed by atoms with E-state index < -0.39 is 5.60 Å². The van der Waals surface area contributed by atoms with Crippen LogP contribution in [0, 0.1) is 5.92 Å². The van der Waals surface area contributed by atoms with Crippen molar-refractivity contribution in [1.29, 1.82) is 0 Å². The van der Waals surface area contributed by atoms with E-state index in [1.165, 1.54) is 0 Å². The van der Waals surface area contributed by atoms with Gasteiger partial charge in [-0.1, -0.05) is 6.92 Å². The molecule has 0 aromatic carbocycles. The van der Waals surface area contributed by atoms with E-state index in [9.17, 15) is 4.79 Å². The molecule has 7 nitrogen and oxygen atoms in total. The number of aromatic nitrogens is 1. The number of hydrogen-bond acceptors (Lipinski definition) is 6. The Bertz CT molecular complexity index is 656. The van der Waals surface area contributed by atoms with Gasteiger partial charge in [0.1, 0.15) is 5.60 Å². The van der Waals surface area contributed by atoms with Crippen molar-refractivity contribution in [2.24, 2.45) is 5.92 Å². The number of alkyl carbamates (subject to hydrolysis) is 1. The van der Waals surface area contributed by atoms with E-state index >= 15 is 0 Å². The fraction of sp³-hybridized carbons (Fsp3) is 0.667. The first-order valence-electron chi connectivity index (χ1n) is 8.87. The number of anilines is 2. The van der Waals surface area contributed by atoms with Crippen LogP contribution in [0.2, 0.25) is 0 Å². The summed E-state index contributed by atoms with van der Waals surface area (Å²) in [4.78, 5) is 18.7. The van der Waals surface area contributed by atoms with E-state index in [2.05, 4.69) is 22.1 Å². The third-order valence-electron chi connectivity index (χ3n) is 4.43. The van der Waals surface area contributed by atoms with Crippen molar-refractivity contribution in [1.82, 2.24) is 10.3 Å². The van der Waals surface area contributed by atoms with Gasteiger partial charge in [0, 0.05) is 31.1 Å². The molecule has 138 valence electrons. The Hall–Kier alpha value is -2.18. The maximum absolute atomic E-state index is 12.1. The topological polar surface area (TPSA) is 89.7 Å². The lowest BCUT2D eigenvalue weighted by atomic mass is 9.94. The second kappa shape index (κ2) is 6.61. The third kappa shape index (κ3) is 4.08. The Balaban J connectivity index is 1.76. The molecule has 2 aliphatic heterocycles. The molecule has 1 aromatic heterocycles. The SMILES string of the molecule is C[C@H]1C[C@H](NC(=O)OC(C)(C)C)CN(c2c(N)cnc3c2CCO3)C1. The minimum Gasteiger partial charge on any atom is -0.477 e. The lowest BCUT2D eigenvalue weighted by Gasteiger charge is -2.39. The Morgan fingerprint density at radius 1 is 1.44 bits per heavy atom. The van der Waals surface area contributed by atoms with E-state index in [-0.39, 0.29) is 12.1 Å². The van der Waals surface area contributed by atoms with Gasteiger partial charge in [0.15, 0.2) is 0 Å². The molecular weight excluding hydrogens is 320 g/mol. The third-order valence-corrected chi connectivity index (χ3v) is 4.43. The lowest BCUT2D eigenvalue weighted by molar-refractivity contribution is 0.0495. The van der Waals surface area contributed by atoms with Crippen LogP contribution in [0.5, 0.6) is 5.88 Å². The second-order valence-electron chi connectivity index (χ2n) is 8.03. The van der Waals surface area contributed by atoms with Gasteiger partial charge in [-0.2, -0.15) is 0 Å². The van der Waals surface area contributed by atoms with Crippen LogP contribution in [-0.4, -0.2) is 42.4 Å². The molecule has 0 spiro atoms. The molecule has 3 N–H and O–H groups in total. The Morgan fingerprint density at radius 3 is 2.92 bits per heavy atom. The number of hydrogen-bond donors (Lipinski definition) is 2.